The lowest BCUT2D eigenvalue weighted by molar-refractivity contribution is 0.102. The summed E-state index contributed by atoms with van der Waals surface area (Å²) in [5.41, 5.74) is 2.13. The average molecular weight is 435 g/mol. The first-order valence-corrected chi connectivity index (χ1v) is 10.4. The van der Waals surface area contributed by atoms with Gasteiger partial charge in [0.25, 0.3) is 15.9 Å². The second-order valence-electron chi connectivity index (χ2n) is 6.08. The number of benzene rings is 3. The van der Waals surface area contributed by atoms with Crippen molar-refractivity contribution in [1.82, 2.24) is 0 Å². The van der Waals surface area contributed by atoms with Crippen molar-refractivity contribution in [3.05, 3.63) is 87.9 Å². The summed E-state index contributed by atoms with van der Waals surface area (Å²) >= 11 is 11.9. The molecule has 3 rings (SSSR count). The van der Waals surface area contributed by atoms with E-state index in [9.17, 15) is 13.2 Å². The van der Waals surface area contributed by atoms with E-state index in [1.807, 2.05) is 13.0 Å². The van der Waals surface area contributed by atoms with Gasteiger partial charge in [-0.2, -0.15) is 0 Å². The third-order valence-corrected chi connectivity index (χ3v) is 5.81. The van der Waals surface area contributed by atoms with Gasteiger partial charge < -0.3 is 5.32 Å². The summed E-state index contributed by atoms with van der Waals surface area (Å²) in [5, 5.41) is 3.33. The SMILES string of the molecule is Cc1cccc(NS(=O)(=O)c2ccc(NC(=O)c3ccc(Cl)cc3Cl)cc2)c1. The van der Waals surface area contributed by atoms with Crippen LogP contribution in [0.25, 0.3) is 0 Å². The van der Waals surface area contributed by atoms with Crippen LogP contribution in [0.5, 0.6) is 0 Å². The summed E-state index contributed by atoms with van der Waals surface area (Å²) in [6.07, 6.45) is 0. The van der Waals surface area contributed by atoms with Gasteiger partial charge in [-0.15, -0.1) is 0 Å². The van der Waals surface area contributed by atoms with Crippen molar-refractivity contribution >= 4 is 50.5 Å². The number of anilines is 2. The third-order valence-electron chi connectivity index (χ3n) is 3.87. The molecular weight excluding hydrogens is 419 g/mol. The molecule has 144 valence electrons. The monoisotopic (exact) mass is 434 g/mol. The molecule has 0 bridgehead atoms. The second kappa shape index (κ2) is 8.22. The molecule has 0 atom stereocenters. The molecule has 0 saturated carbocycles. The largest absolute Gasteiger partial charge is 0.322 e. The lowest BCUT2D eigenvalue weighted by Gasteiger charge is -2.10. The first kappa shape index (κ1) is 20.2. The fourth-order valence-corrected chi connectivity index (χ4v) is 4.06. The molecule has 3 aromatic carbocycles. The normalized spacial score (nSPS) is 11.1. The van der Waals surface area contributed by atoms with E-state index in [0.717, 1.165) is 5.56 Å². The first-order chi connectivity index (χ1) is 13.2. The lowest BCUT2D eigenvalue weighted by Crippen LogP contribution is -2.14. The zero-order chi connectivity index (χ0) is 20.3. The predicted molar refractivity (Wildman–Crippen MR) is 113 cm³/mol. The highest BCUT2D eigenvalue weighted by Crippen LogP contribution is 2.23. The van der Waals surface area contributed by atoms with Gasteiger partial charge in [0, 0.05) is 16.4 Å². The minimum absolute atomic E-state index is 0.0801. The Morgan fingerprint density at radius 3 is 2.25 bits per heavy atom. The molecule has 0 saturated heterocycles. The topological polar surface area (TPSA) is 75.3 Å². The van der Waals surface area contributed by atoms with Crippen molar-refractivity contribution in [1.29, 1.82) is 0 Å². The van der Waals surface area contributed by atoms with E-state index in [2.05, 4.69) is 10.0 Å². The smallest absolute Gasteiger partial charge is 0.261 e. The molecule has 0 aliphatic rings. The summed E-state index contributed by atoms with van der Waals surface area (Å²) in [6, 6.07) is 17.5. The standard InChI is InChI=1S/C20H16Cl2N2O3S/c1-13-3-2-4-16(11-13)24-28(26,27)17-8-6-15(7-9-17)23-20(25)18-10-5-14(21)12-19(18)22/h2-12,24H,1H3,(H,23,25). The maximum absolute atomic E-state index is 12.5. The van der Waals surface area contributed by atoms with E-state index >= 15 is 0 Å². The van der Waals surface area contributed by atoms with E-state index in [-0.39, 0.29) is 15.5 Å². The molecule has 3 aromatic rings. The molecule has 8 heteroatoms. The van der Waals surface area contributed by atoms with Crippen LogP contribution in [0, 0.1) is 6.92 Å². The third kappa shape index (κ3) is 4.84. The van der Waals surface area contributed by atoms with Gasteiger partial charge in [0.1, 0.15) is 0 Å². The molecule has 0 unspecified atom stereocenters. The average Bonchev–Trinajstić information content (AvgIpc) is 2.61. The summed E-state index contributed by atoms with van der Waals surface area (Å²) in [5.74, 6) is -0.421. The van der Waals surface area contributed by atoms with Crippen molar-refractivity contribution in [2.24, 2.45) is 0 Å². The molecule has 0 aromatic heterocycles. The molecule has 28 heavy (non-hydrogen) atoms. The molecule has 0 spiro atoms. The molecule has 0 fully saturated rings. The number of amides is 1. The van der Waals surface area contributed by atoms with Crippen LogP contribution in [0.15, 0.2) is 71.6 Å². The fourth-order valence-electron chi connectivity index (χ4n) is 2.51. The molecule has 5 nitrogen and oxygen atoms in total. The molecule has 0 heterocycles. The quantitative estimate of drug-likeness (QED) is 0.567. The zero-order valence-electron chi connectivity index (χ0n) is 14.7. The summed E-state index contributed by atoms with van der Waals surface area (Å²) in [6.45, 7) is 1.88. The van der Waals surface area contributed by atoms with Gasteiger partial charge in [-0.3, -0.25) is 9.52 Å². The van der Waals surface area contributed by atoms with Crippen molar-refractivity contribution in [2.45, 2.75) is 11.8 Å². The number of carbonyl (C=O) groups excluding carboxylic acids is 1. The molecule has 0 aliphatic carbocycles. The Balaban J connectivity index is 1.74. The molecule has 0 radical (unpaired) electrons. The number of aryl methyl sites for hydroxylation is 1. The summed E-state index contributed by atoms with van der Waals surface area (Å²) in [4.78, 5) is 12.4. The Hall–Kier alpha value is -2.54. The lowest BCUT2D eigenvalue weighted by atomic mass is 10.2. The maximum atomic E-state index is 12.5. The Morgan fingerprint density at radius 1 is 0.893 bits per heavy atom. The first-order valence-electron chi connectivity index (χ1n) is 8.20. The Kier molecular flexibility index (Phi) is 5.93. The molecular formula is C20H16Cl2N2O3S. The second-order valence-corrected chi connectivity index (χ2v) is 8.60. The van der Waals surface area contributed by atoms with Crippen LogP contribution in [0.2, 0.25) is 10.0 Å². The van der Waals surface area contributed by atoms with Crippen molar-refractivity contribution < 1.29 is 13.2 Å². The van der Waals surface area contributed by atoms with Crippen molar-refractivity contribution in [2.75, 3.05) is 10.0 Å². The van der Waals surface area contributed by atoms with E-state index in [1.165, 1.54) is 36.4 Å². The van der Waals surface area contributed by atoms with Gasteiger partial charge >= 0.3 is 0 Å². The highest BCUT2D eigenvalue weighted by Gasteiger charge is 2.15. The Bertz CT molecular complexity index is 1130. The van der Waals surface area contributed by atoms with E-state index in [1.54, 1.807) is 24.3 Å². The van der Waals surface area contributed by atoms with Crippen LogP contribution in [0.1, 0.15) is 15.9 Å². The molecule has 0 aliphatic heterocycles. The number of hydrogen-bond donors (Lipinski definition) is 2. The van der Waals surface area contributed by atoms with Gasteiger partial charge in [-0.1, -0.05) is 35.3 Å². The van der Waals surface area contributed by atoms with Gasteiger partial charge in [-0.25, -0.2) is 8.42 Å². The number of carbonyl (C=O) groups is 1. The number of sulfonamides is 1. The van der Waals surface area contributed by atoms with Crippen LogP contribution < -0.4 is 10.0 Å². The van der Waals surface area contributed by atoms with E-state index < -0.39 is 15.9 Å². The van der Waals surface area contributed by atoms with Gasteiger partial charge in [0.05, 0.1) is 15.5 Å². The maximum Gasteiger partial charge on any atom is 0.261 e. The van der Waals surface area contributed by atoms with Crippen LogP contribution in [-0.4, -0.2) is 14.3 Å². The predicted octanol–water partition coefficient (Wildman–Crippen LogP) is 5.35. The minimum atomic E-state index is -3.74. The zero-order valence-corrected chi connectivity index (χ0v) is 17.1. The van der Waals surface area contributed by atoms with Crippen LogP contribution >= 0.6 is 23.2 Å². The van der Waals surface area contributed by atoms with Crippen molar-refractivity contribution in [3.8, 4) is 0 Å². The highest BCUT2D eigenvalue weighted by atomic mass is 35.5. The number of halogens is 2. The molecule has 2 N–H and O–H groups in total. The number of nitrogens with one attached hydrogen (secondary N) is 2. The van der Waals surface area contributed by atoms with Gasteiger partial charge in [0.2, 0.25) is 0 Å². The van der Waals surface area contributed by atoms with Crippen LogP contribution in [0.4, 0.5) is 11.4 Å². The highest BCUT2D eigenvalue weighted by molar-refractivity contribution is 7.92. The Labute approximate surface area is 173 Å². The van der Waals surface area contributed by atoms with E-state index in [4.69, 9.17) is 23.2 Å². The number of rotatable bonds is 5. The Morgan fingerprint density at radius 2 is 1.61 bits per heavy atom. The fraction of sp³-hybridized carbons (Fsp3) is 0.0500. The van der Waals surface area contributed by atoms with Crippen LogP contribution in [-0.2, 0) is 10.0 Å². The summed E-state index contributed by atoms with van der Waals surface area (Å²) in [7, 11) is -3.74. The van der Waals surface area contributed by atoms with E-state index in [0.29, 0.717) is 16.4 Å². The number of hydrogen-bond acceptors (Lipinski definition) is 3. The van der Waals surface area contributed by atoms with Crippen molar-refractivity contribution in [3.63, 3.8) is 0 Å². The van der Waals surface area contributed by atoms with Gasteiger partial charge in [0.15, 0.2) is 0 Å². The van der Waals surface area contributed by atoms with Gasteiger partial charge in [-0.05, 0) is 67.1 Å². The summed E-state index contributed by atoms with van der Waals surface area (Å²) < 4.78 is 27.6. The van der Waals surface area contributed by atoms with Crippen LogP contribution in [0.3, 0.4) is 0 Å². The molecule has 1 amide bonds. The minimum Gasteiger partial charge on any atom is -0.322 e.